The third-order valence-electron chi connectivity index (χ3n) is 4.44. The van der Waals surface area contributed by atoms with Gasteiger partial charge in [0.05, 0.1) is 16.9 Å². The van der Waals surface area contributed by atoms with Gasteiger partial charge in [-0.2, -0.15) is 5.10 Å². The molecule has 1 amide bonds. The van der Waals surface area contributed by atoms with Crippen LogP contribution >= 0.6 is 11.8 Å². The predicted molar refractivity (Wildman–Crippen MR) is 123 cm³/mol. The van der Waals surface area contributed by atoms with Crippen molar-refractivity contribution in [2.45, 2.75) is 12.1 Å². The number of hydrogen-bond donors (Lipinski definition) is 1. The molecule has 0 aliphatic heterocycles. The lowest BCUT2D eigenvalue weighted by Gasteiger charge is -2.10. The van der Waals surface area contributed by atoms with Gasteiger partial charge in [0.25, 0.3) is 11.6 Å². The van der Waals surface area contributed by atoms with Crippen molar-refractivity contribution in [3.05, 3.63) is 88.4 Å². The van der Waals surface area contributed by atoms with E-state index in [1.807, 2.05) is 37.3 Å². The van der Waals surface area contributed by atoms with Crippen LogP contribution in [0.2, 0.25) is 0 Å². The maximum atomic E-state index is 12.2. The summed E-state index contributed by atoms with van der Waals surface area (Å²) in [6, 6.07) is 19.0. The van der Waals surface area contributed by atoms with Crippen molar-refractivity contribution in [1.82, 2.24) is 20.2 Å². The van der Waals surface area contributed by atoms with Crippen molar-refractivity contribution in [1.29, 1.82) is 0 Å². The van der Waals surface area contributed by atoms with Crippen LogP contribution in [-0.2, 0) is 4.79 Å². The zero-order valence-corrected chi connectivity index (χ0v) is 18.2. The number of nitro groups is 1. The Hall–Kier alpha value is -4.25. The molecule has 4 aromatic rings. The maximum Gasteiger partial charge on any atom is 0.270 e. The lowest BCUT2D eigenvalue weighted by molar-refractivity contribution is -0.384. The summed E-state index contributed by atoms with van der Waals surface area (Å²) in [7, 11) is 0. The molecule has 0 radical (unpaired) electrons. The van der Waals surface area contributed by atoms with Crippen molar-refractivity contribution in [3.8, 4) is 17.1 Å². The monoisotopic (exact) mass is 462 g/mol. The quantitative estimate of drug-likeness (QED) is 0.181. The summed E-state index contributed by atoms with van der Waals surface area (Å²) >= 11 is 1.17. The first kappa shape index (κ1) is 22.0. The molecule has 0 atom stereocenters. The molecule has 11 heteroatoms. The topological polar surface area (TPSA) is 128 Å². The van der Waals surface area contributed by atoms with E-state index >= 15 is 0 Å². The average Bonchev–Trinajstić information content (AvgIpc) is 3.44. The minimum atomic E-state index is -0.461. The van der Waals surface area contributed by atoms with Gasteiger partial charge in [-0.25, -0.2) is 5.43 Å². The van der Waals surface area contributed by atoms with E-state index in [9.17, 15) is 14.9 Å². The van der Waals surface area contributed by atoms with E-state index in [4.69, 9.17) is 4.42 Å². The zero-order valence-electron chi connectivity index (χ0n) is 17.4. The van der Waals surface area contributed by atoms with E-state index in [-0.39, 0.29) is 17.3 Å². The standard InChI is InChI=1S/C22H18N6O4S/c1-15-10-11-19(32-15)13-23-24-20(29)14-33-22-26-25-21(27(22)17-7-3-2-4-8-17)16-6-5-9-18(12-16)28(30)31/h2-13H,14H2,1H3,(H,24,29). The summed E-state index contributed by atoms with van der Waals surface area (Å²) in [4.78, 5) is 23.0. The maximum absolute atomic E-state index is 12.2. The number of carbonyl (C=O) groups is 1. The molecule has 33 heavy (non-hydrogen) atoms. The van der Waals surface area contributed by atoms with Crippen LogP contribution in [0.15, 0.2) is 81.4 Å². The Morgan fingerprint density at radius 1 is 1.18 bits per heavy atom. The molecule has 4 rings (SSSR count). The molecule has 2 heterocycles. The summed E-state index contributed by atoms with van der Waals surface area (Å²) in [5, 5.41) is 24.0. The van der Waals surface area contributed by atoms with Crippen LogP contribution in [0.1, 0.15) is 11.5 Å². The van der Waals surface area contributed by atoms with Gasteiger partial charge in [0.1, 0.15) is 11.5 Å². The Kier molecular flexibility index (Phi) is 6.60. The fraction of sp³-hybridized carbons (Fsp3) is 0.0909. The smallest absolute Gasteiger partial charge is 0.270 e. The van der Waals surface area contributed by atoms with Gasteiger partial charge in [0.15, 0.2) is 11.0 Å². The number of para-hydroxylation sites is 1. The number of nitro benzene ring substituents is 1. The van der Waals surface area contributed by atoms with Gasteiger partial charge >= 0.3 is 0 Å². The first-order valence-corrected chi connectivity index (χ1v) is 10.8. The van der Waals surface area contributed by atoms with E-state index < -0.39 is 4.92 Å². The molecule has 10 nitrogen and oxygen atoms in total. The highest BCUT2D eigenvalue weighted by Crippen LogP contribution is 2.29. The van der Waals surface area contributed by atoms with Crippen LogP contribution < -0.4 is 5.43 Å². The van der Waals surface area contributed by atoms with E-state index in [2.05, 4.69) is 20.7 Å². The highest BCUT2D eigenvalue weighted by atomic mass is 32.2. The number of nitrogens with zero attached hydrogens (tertiary/aromatic N) is 5. The Morgan fingerprint density at radius 3 is 2.73 bits per heavy atom. The number of rotatable bonds is 8. The van der Waals surface area contributed by atoms with Crippen molar-refractivity contribution < 1.29 is 14.1 Å². The van der Waals surface area contributed by atoms with E-state index in [1.54, 1.807) is 28.8 Å². The van der Waals surface area contributed by atoms with Crippen LogP contribution in [0.3, 0.4) is 0 Å². The largest absolute Gasteiger partial charge is 0.460 e. The first-order valence-electron chi connectivity index (χ1n) is 9.78. The van der Waals surface area contributed by atoms with Crippen LogP contribution in [-0.4, -0.2) is 37.6 Å². The van der Waals surface area contributed by atoms with Crippen LogP contribution in [0, 0.1) is 17.0 Å². The van der Waals surface area contributed by atoms with Gasteiger partial charge < -0.3 is 4.42 Å². The Bertz CT molecular complexity index is 1320. The van der Waals surface area contributed by atoms with Gasteiger partial charge in [0.2, 0.25) is 0 Å². The number of non-ortho nitro benzene ring substituents is 1. The first-order chi connectivity index (χ1) is 16.0. The fourth-order valence-corrected chi connectivity index (χ4v) is 3.72. The van der Waals surface area contributed by atoms with Crippen molar-refractivity contribution in [2.75, 3.05) is 5.75 Å². The average molecular weight is 462 g/mol. The molecule has 0 bridgehead atoms. The van der Waals surface area contributed by atoms with Gasteiger partial charge in [-0.05, 0) is 31.2 Å². The van der Waals surface area contributed by atoms with Gasteiger partial charge in [-0.3, -0.25) is 19.5 Å². The van der Waals surface area contributed by atoms with Gasteiger partial charge in [-0.1, -0.05) is 42.1 Å². The SMILES string of the molecule is Cc1ccc(C=NNC(=O)CSc2nnc(-c3cccc([N+](=O)[O-])c3)n2-c2ccccc2)o1. The molecule has 2 aromatic carbocycles. The Labute approximate surface area is 192 Å². The zero-order chi connectivity index (χ0) is 23.2. The molecule has 0 unspecified atom stereocenters. The van der Waals surface area contributed by atoms with Crippen molar-refractivity contribution in [3.63, 3.8) is 0 Å². The number of furan rings is 1. The summed E-state index contributed by atoms with van der Waals surface area (Å²) in [5.74, 6) is 1.41. The third-order valence-corrected chi connectivity index (χ3v) is 5.37. The van der Waals surface area contributed by atoms with E-state index in [0.717, 1.165) is 11.4 Å². The molecule has 2 aromatic heterocycles. The number of aromatic nitrogens is 3. The normalized spacial score (nSPS) is 11.1. The second-order valence-electron chi connectivity index (χ2n) is 6.81. The fourth-order valence-electron chi connectivity index (χ4n) is 2.97. The molecular weight excluding hydrogens is 444 g/mol. The number of hydrogen-bond acceptors (Lipinski definition) is 8. The summed E-state index contributed by atoms with van der Waals surface area (Å²) in [6.45, 7) is 1.82. The lowest BCUT2D eigenvalue weighted by atomic mass is 10.2. The minimum Gasteiger partial charge on any atom is -0.460 e. The summed E-state index contributed by atoms with van der Waals surface area (Å²) in [5.41, 5.74) is 3.70. The number of aryl methyl sites for hydroxylation is 1. The Balaban J connectivity index is 1.54. The number of thioether (sulfide) groups is 1. The molecule has 0 spiro atoms. The lowest BCUT2D eigenvalue weighted by Crippen LogP contribution is -2.19. The number of benzene rings is 2. The second-order valence-corrected chi connectivity index (χ2v) is 7.76. The van der Waals surface area contributed by atoms with Crippen molar-refractivity contribution in [2.24, 2.45) is 5.10 Å². The molecule has 0 saturated carbocycles. The third kappa shape index (κ3) is 5.33. The molecule has 0 aliphatic rings. The van der Waals surface area contributed by atoms with Gasteiger partial charge in [0, 0.05) is 23.4 Å². The summed E-state index contributed by atoms with van der Waals surface area (Å²) < 4.78 is 7.11. The second kappa shape index (κ2) is 9.92. The van der Waals surface area contributed by atoms with Crippen LogP contribution in [0.25, 0.3) is 17.1 Å². The number of carbonyl (C=O) groups excluding carboxylic acids is 1. The van der Waals surface area contributed by atoms with Crippen LogP contribution in [0.5, 0.6) is 0 Å². The number of amides is 1. The molecule has 0 aliphatic carbocycles. The Morgan fingerprint density at radius 2 is 2.00 bits per heavy atom. The molecule has 0 fully saturated rings. The minimum absolute atomic E-state index is 0.0361. The van der Waals surface area contributed by atoms with E-state index in [1.165, 1.54) is 30.1 Å². The number of nitrogens with one attached hydrogen (secondary N) is 1. The predicted octanol–water partition coefficient (Wildman–Crippen LogP) is 3.99. The number of hydrazone groups is 1. The molecule has 1 N–H and O–H groups in total. The molecular formula is C22H18N6O4S. The summed E-state index contributed by atoms with van der Waals surface area (Å²) in [6.07, 6.45) is 1.42. The molecule has 166 valence electrons. The highest BCUT2D eigenvalue weighted by Gasteiger charge is 2.19. The highest BCUT2D eigenvalue weighted by molar-refractivity contribution is 7.99. The van der Waals surface area contributed by atoms with Gasteiger partial charge in [-0.15, -0.1) is 10.2 Å². The van der Waals surface area contributed by atoms with E-state index in [0.29, 0.717) is 22.3 Å². The van der Waals surface area contributed by atoms with Crippen molar-refractivity contribution >= 4 is 29.6 Å². The molecule has 0 saturated heterocycles. The van der Waals surface area contributed by atoms with Crippen LogP contribution in [0.4, 0.5) is 5.69 Å².